The van der Waals surface area contributed by atoms with Gasteiger partial charge in [0, 0.05) is 17.7 Å². The summed E-state index contributed by atoms with van der Waals surface area (Å²) in [7, 11) is 1.30. The van der Waals surface area contributed by atoms with Crippen LogP contribution in [0.25, 0.3) is 0 Å². The summed E-state index contributed by atoms with van der Waals surface area (Å²) < 4.78 is 4.96. The first-order valence-corrected chi connectivity index (χ1v) is 11.0. The number of carboxylic acid groups (broad SMARTS) is 2. The molecule has 0 spiro atoms. The number of hydrogen-bond acceptors (Lipinski definition) is 10. The quantitative estimate of drug-likeness (QED) is 0.137. The SMILES string of the molecule is COc1cc(C(=O)C(CO)SC[C@@H](NC(=O)CC[C@H](N)C(=O)O)C(=O)NCC(=O)O)ccc1O. The van der Waals surface area contributed by atoms with Crippen LogP contribution in [0.3, 0.4) is 0 Å². The number of thioether (sulfide) groups is 1. The topological polar surface area (TPSA) is 226 Å². The lowest BCUT2D eigenvalue weighted by Crippen LogP contribution is -2.50. The highest BCUT2D eigenvalue weighted by molar-refractivity contribution is 8.00. The van der Waals surface area contributed by atoms with Crippen LogP contribution < -0.4 is 21.1 Å². The second-order valence-corrected chi connectivity index (χ2v) is 8.21. The molecule has 0 saturated carbocycles. The Morgan fingerprint density at radius 2 is 1.85 bits per heavy atom. The standard InChI is InChI=1S/C20H27N3O10S/c1-33-14-6-10(2-4-13(14)25)18(29)15(8-24)34-9-12(19(30)22-7-17(27)28)23-16(26)5-3-11(21)20(31)32/h2,4,6,11-12,15,24-25H,3,5,7-9,21H2,1H3,(H,22,30)(H,23,26)(H,27,28)(H,31,32)/t11-,12+,15?/m0/s1. The van der Waals surface area contributed by atoms with Gasteiger partial charge in [0.1, 0.15) is 18.6 Å². The monoisotopic (exact) mass is 501 g/mol. The van der Waals surface area contributed by atoms with E-state index in [1.54, 1.807) is 0 Å². The Balaban J connectivity index is 2.89. The van der Waals surface area contributed by atoms with E-state index < -0.39 is 60.0 Å². The third kappa shape index (κ3) is 9.25. The Kier molecular flexibility index (Phi) is 11.8. The van der Waals surface area contributed by atoms with Gasteiger partial charge < -0.3 is 41.5 Å². The number of aromatic hydroxyl groups is 1. The van der Waals surface area contributed by atoms with E-state index in [0.29, 0.717) is 0 Å². The van der Waals surface area contributed by atoms with Gasteiger partial charge in [-0.05, 0) is 24.6 Å². The first kappa shape index (κ1) is 28.7. The number of hydrogen-bond donors (Lipinski definition) is 7. The number of aliphatic hydroxyl groups is 1. The molecule has 0 radical (unpaired) electrons. The van der Waals surface area contributed by atoms with Gasteiger partial charge in [-0.25, -0.2) is 0 Å². The number of rotatable bonds is 15. The second kappa shape index (κ2) is 14.0. The van der Waals surface area contributed by atoms with E-state index in [1.807, 2.05) is 0 Å². The van der Waals surface area contributed by atoms with Crippen LogP contribution >= 0.6 is 11.8 Å². The van der Waals surface area contributed by atoms with Gasteiger partial charge in [-0.1, -0.05) is 0 Å². The van der Waals surface area contributed by atoms with Crippen LogP contribution in [0.5, 0.6) is 11.5 Å². The fourth-order valence-electron chi connectivity index (χ4n) is 2.59. The molecule has 0 bridgehead atoms. The largest absolute Gasteiger partial charge is 0.504 e. The molecule has 1 rings (SSSR count). The van der Waals surface area contributed by atoms with Crippen LogP contribution in [-0.2, 0) is 19.2 Å². The van der Waals surface area contributed by atoms with Crippen LogP contribution in [0.1, 0.15) is 23.2 Å². The van der Waals surface area contributed by atoms with E-state index in [0.717, 1.165) is 11.8 Å². The zero-order valence-corrected chi connectivity index (χ0v) is 19.0. The lowest BCUT2D eigenvalue weighted by molar-refractivity contribution is -0.139. The molecule has 0 aliphatic carbocycles. The summed E-state index contributed by atoms with van der Waals surface area (Å²) in [6.45, 7) is -1.33. The number of aliphatic hydroxyl groups excluding tert-OH is 1. The van der Waals surface area contributed by atoms with Crippen LogP contribution in [0.4, 0.5) is 0 Å². The summed E-state index contributed by atoms with van der Waals surface area (Å²) in [5.41, 5.74) is 5.48. The van der Waals surface area contributed by atoms with E-state index in [9.17, 15) is 34.2 Å². The van der Waals surface area contributed by atoms with Crippen molar-refractivity contribution < 1.29 is 49.1 Å². The Morgan fingerprint density at radius 1 is 1.18 bits per heavy atom. The minimum absolute atomic E-state index is 0.0466. The predicted octanol–water partition coefficient (Wildman–Crippen LogP) is -1.44. The van der Waals surface area contributed by atoms with Gasteiger partial charge in [-0.2, -0.15) is 0 Å². The van der Waals surface area contributed by atoms with Gasteiger partial charge in [-0.15, -0.1) is 11.8 Å². The minimum Gasteiger partial charge on any atom is -0.504 e. The van der Waals surface area contributed by atoms with Gasteiger partial charge in [0.25, 0.3) is 0 Å². The lowest BCUT2D eigenvalue weighted by Gasteiger charge is -2.20. The Bertz CT molecular complexity index is 911. The van der Waals surface area contributed by atoms with Crippen molar-refractivity contribution in [2.75, 3.05) is 26.0 Å². The highest BCUT2D eigenvalue weighted by Crippen LogP contribution is 2.28. The molecule has 1 aromatic carbocycles. The number of ether oxygens (including phenoxy) is 1. The average molecular weight is 502 g/mol. The highest BCUT2D eigenvalue weighted by Gasteiger charge is 2.27. The van der Waals surface area contributed by atoms with Gasteiger partial charge >= 0.3 is 11.9 Å². The van der Waals surface area contributed by atoms with Crippen molar-refractivity contribution in [3.8, 4) is 11.5 Å². The molecule has 0 aliphatic rings. The summed E-state index contributed by atoms with van der Waals surface area (Å²) in [4.78, 5) is 58.8. The predicted molar refractivity (Wildman–Crippen MR) is 120 cm³/mol. The van der Waals surface area contributed by atoms with Crippen LogP contribution in [0.2, 0.25) is 0 Å². The number of phenols is 1. The summed E-state index contributed by atoms with van der Waals surface area (Å²) in [6.07, 6.45) is -0.505. The van der Waals surface area contributed by atoms with E-state index in [1.165, 1.54) is 25.3 Å². The number of nitrogens with one attached hydrogen (secondary N) is 2. The maximum Gasteiger partial charge on any atom is 0.322 e. The van der Waals surface area contributed by atoms with Crippen molar-refractivity contribution in [1.29, 1.82) is 0 Å². The summed E-state index contributed by atoms with van der Waals surface area (Å²) >= 11 is 0.839. The Morgan fingerprint density at radius 3 is 2.41 bits per heavy atom. The highest BCUT2D eigenvalue weighted by atomic mass is 32.2. The molecule has 34 heavy (non-hydrogen) atoms. The molecular formula is C20H27N3O10S. The number of carbonyl (C=O) groups excluding carboxylic acids is 3. The normalized spacial score (nSPS) is 13.3. The van der Waals surface area contributed by atoms with E-state index in [2.05, 4.69) is 10.6 Å². The molecule has 0 heterocycles. The van der Waals surface area contributed by atoms with Crippen molar-refractivity contribution in [2.45, 2.75) is 30.2 Å². The Hall–Kier alpha value is -3.36. The molecule has 1 unspecified atom stereocenters. The van der Waals surface area contributed by atoms with Gasteiger partial charge in [-0.3, -0.25) is 24.0 Å². The number of nitrogens with two attached hydrogens (primary N) is 1. The van der Waals surface area contributed by atoms with Crippen molar-refractivity contribution in [3.05, 3.63) is 23.8 Å². The molecule has 14 heteroatoms. The summed E-state index contributed by atoms with van der Waals surface area (Å²) in [6, 6.07) is 1.29. The van der Waals surface area contributed by atoms with Crippen molar-refractivity contribution in [1.82, 2.24) is 10.6 Å². The summed E-state index contributed by atoms with van der Waals surface area (Å²) in [5.74, 6) is -5.05. The number of aliphatic carboxylic acids is 2. The molecule has 3 atom stereocenters. The molecule has 0 saturated heterocycles. The van der Waals surface area contributed by atoms with E-state index in [-0.39, 0.29) is 35.7 Å². The molecule has 8 N–H and O–H groups in total. The Labute approximate surface area is 198 Å². The van der Waals surface area contributed by atoms with E-state index >= 15 is 0 Å². The number of carboxylic acids is 2. The van der Waals surface area contributed by atoms with Gasteiger partial charge in [0.15, 0.2) is 17.3 Å². The zero-order valence-electron chi connectivity index (χ0n) is 18.2. The maximum atomic E-state index is 12.8. The van der Waals surface area contributed by atoms with Crippen molar-refractivity contribution in [3.63, 3.8) is 0 Å². The zero-order chi connectivity index (χ0) is 25.8. The number of ketones is 1. The molecule has 2 amide bonds. The maximum absolute atomic E-state index is 12.8. The van der Waals surface area contributed by atoms with Crippen molar-refractivity contribution in [2.24, 2.45) is 5.73 Å². The molecule has 0 aliphatic heterocycles. The minimum atomic E-state index is -1.32. The number of benzene rings is 1. The van der Waals surface area contributed by atoms with Gasteiger partial charge in [0.2, 0.25) is 11.8 Å². The number of Topliss-reactive ketones (excluding diaryl/α,β-unsaturated/α-hetero) is 1. The summed E-state index contributed by atoms with van der Waals surface area (Å²) in [5, 5.41) is 40.3. The van der Waals surface area contributed by atoms with Crippen LogP contribution in [0, 0.1) is 0 Å². The average Bonchev–Trinajstić information content (AvgIpc) is 2.80. The first-order valence-electron chi connectivity index (χ1n) is 9.91. The third-order valence-corrected chi connectivity index (χ3v) is 5.74. The third-order valence-electron chi connectivity index (χ3n) is 4.45. The molecule has 0 aromatic heterocycles. The number of methoxy groups -OCH3 is 1. The van der Waals surface area contributed by atoms with E-state index in [4.69, 9.17) is 20.7 Å². The molecule has 13 nitrogen and oxygen atoms in total. The second-order valence-electron chi connectivity index (χ2n) is 6.97. The molecule has 0 fully saturated rings. The number of phenolic OH excluding ortho intramolecular Hbond substituents is 1. The molecular weight excluding hydrogens is 474 g/mol. The fourth-order valence-corrected chi connectivity index (χ4v) is 3.64. The number of carbonyl (C=O) groups is 5. The van der Waals surface area contributed by atoms with Crippen LogP contribution in [-0.4, -0.2) is 93.3 Å². The van der Waals surface area contributed by atoms with Gasteiger partial charge in [0.05, 0.1) is 19.0 Å². The van der Waals surface area contributed by atoms with Crippen LogP contribution in [0.15, 0.2) is 18.2 Å². The van der Waals surface area contributed by atoms with Crippen molar-refractivity contribution >= 4 is 41.3 Å². The lowest BCUT2D eigenvalue weighted by atomic mass is 10.1. The first-order chi connectivity index (χ1) is 16.0. The molecule has 1 aromatic rings. The smallest absolute Gasteiger partial charge is 0.322 e. The molecule has 188 valence electrons. The number of amides is 2. The fraction of sp³-hybridized carbons (Fsp3) is 0.450.